The zero-order chi connectivity index (χ0) is 13.7. The van der Waals surface area contributed by atoms with Gasteiger partial charge in [-0.25, -0.2) is 4.98 Å². The van der Waals surface area contributed by atoms with Gasteiger partial charge in [0, 0.05) is 4.88 Å². The molecule has 0 N–H and O–H groups in total. The third-order valence-corrected chi connectivity index (χ3v) is 3.73. The van der Waals surface area contributed by atoms with Crippen LogP contribution in [0.25, 0.3) is 0 Å². The van der Waals surface area contributed by atoms with E-state index in [0.717, 1.165) is 15.6 Å². The fourth-order valence-corrected chi connectivity index (χ4v) is 2.58. The van der Waals surface area contributed by atoms with E-state index in [1.165, 1.54) is 11.3 Å². The zero-order valence-corrected chi connectivity index (χ0v) is 11.7. The van der Waals surface area contributed by atoms with Crippen molar-refractivity contribution in [3.63, 3.8) is 0 Å². The molecule has 0 aliphatic carbocycles. The van der Waals surface area contributed by atoms with E-state index in [2.05, 4.69) is 11.1 Å². The standard InChI is InChI=1S/C14H14N2O2S/c1-10-13(7-8-15)19-14(16-10)9-18-12-6-4-3-5-11(12)17-2/h3-6H,7,9H2,1-2H3. The number of rotatable bonds is 5. The lowest BCUT2D eigenvalue weighted by atomic mass is 10.3. The van der Waals surface area contributed by atoms with E-state index in [1.54, 1.807) is 7.11 Å². The monoisotopic (exact) mass is 274 g/mol. The highest BCUT2D eigenvalue weighted by atomic mass is 32.1. The highest BCUT2D eigenvalue weighted by Crippen LogP contribution is 2.27. The van der Waals surface area contributed by atoms with E-state index in [0.29, 0.717) is 24.5 Å². The molecule has 5 heteroatoms. The maximum Gasteiger partial charge on any atom is 0.161 e. The SMILES string of the molecule is COc1ccccc1OCc1nc(C)c(CC#N)s1. The van der Waals surface area contributed by atoms with Crippen molar-refractivity contribution >= 4 is 11.3 Å². The molecule has 4 nitrogen and oxygen atoms in total. The van der Waals surface area contributed by atoms with Gasteiger partial charge in [-0.1, -0.05) is 12.1 Å². The Morgan fingerprint density at radius 3 is 2.74 bits per heavy atom. The van der Waals surface area contributed by atoms with Gasteiger partial charge in [0.25, 0.3) is 0 Å². The summed E-state index contributed by atoms with van der Waals surface area (Å²) in [4.78, 5) is 5.40. The Morgan fingerprint density at radius 2 is 2.05 bits per heavy atom. The van der Waals surface area contributed by atoms with Crippen molar-refractivity contribution in [2.75, 3.05) is 7.11 Å². The molecular weight excluding hydrogens is 260 g/mol. The van der Waals surface area contributed by atoms with E-state index < -0.39 is 0 Å². The van der Waals surface area contributed by atoms with Crippen LogP contribution < -0.4 is 9.47 Å². The minimum atomic E-state index is 0.386. The molecule has 2 rings (SSSR count). The maximum absolute atomic E-state index is 8.71. The molecule has 0 bridgehead atoms. The second kappa shape index (κ2) is 6.21. The largest absolute Gasteiger partial charge is 0.493 e. The molecule has 0 aliphatic heterocycles. The van der Waals surface area contributed by atoms with E-state index in [1.807, 2.05) is 31.2 Å². The van der Waals surface area contributed by atoms with Crippen LogP contribution in [-0.4, -0.2) is 12.1 Å². The number of methoxy groups -OCH3 is 1. The number of hydrogen-bond donors (Lipinski definition) is 0. The van der Waals surface area contributed by atoms with Crippen LogP contribution in [0.15, 0.2) is 24.3 Å². The smallest absolute Gasteiger partial charge is 0.161 e. The Bertz CT molecular complexity index is 602. The number of hydrogen-bond acceptors (Lipinski definition) is 5. The summed E-state index contributed by atoms with van der Waals surface area (Å²) in [5.41, 5.74) is 0.908. The molecule has 2 aromatic rings. The Labute approximate surface area is 116 Å². The third kappa shape index (κ3) is 3.24. The number of aryl methyl sites for hydroxylation is 1. The normalized spacial score (nSPS) is 9.95. The van der Waals surface area contributed by atoms with Crippen LogP contribution in [0.4, 0.5) is 0 Å². The highest BCUT2D eigenvalue weighted by molar-refractivity contribution is 7.11. The second-order valence-electron chi connectivity index (χ2n) is 3.89. The van der Waals surface area contributed by atoms with Gasteiger partial charge in [-0.3, -0.25) is 0 Å². The Kier molecular flexibility index (Phi) is 4.37. The van der Waals surface area contributed by atoms with Crippen LogP contribution >= 0.6 is 11.3 Å². The summed E-state index contributed by atoms with van der Waals surface area (Å²) >= 11 is 1.52. The minimum absolute atomic E-state index is 0.386. The summed E-state index contributed by atoms with van der Waals surface area (Å²) in [6.07, 6.45) is 0.401. The van der Waals surface area contributed by atoms with Gasteiger partial charge < -0.3 is 9.47 Å². The predicted molar refractivity (Wildman–Crippen MR) is 73.5 cm³/mol. The second-order valence-corrected chi connectivity index (χ2v) is 5.06. The number of para-hydroxylation sites is 2. The molecule has 0 radical (unpaired) electrons. The minimum Gasteiger partial charge on any atom is -0.493 e. The van der Waals surface area contributed by atoms with E-state index in [4.69, 9.17) is 14.7 Å². The lowest BCUT2D eigenvalue weighted by Gasteiger charge is -2.08. The molecule has 0 saturated heterocycles. The first kappa shape index (κ1) is 13.4. The number of benzene rings is 1. The molecule has 1 aromatic carbocycles. The summed E-state index contributed by atoms with van der Waals surface area (Å²) in [5, 5.41) is 9.58. The maximum atomic E-state index is 8.71. The summed E-state index contributed by atoms with van der Waals surface area (Å²) < 4.78 is 10.9. The predicted octanol–water partition coefficient (Wildman–Crippen LogP) is 3.11. The number of ether oxygens (including phenoxy) is 2. The van der Waals surface area contributed by atoms with Crippen molar-refractivity contribution < 1.29 is 9.47 Å². The van der Waals surface area contributed by atoms with Crippen LogP contribution in [0.3, 0.4) is 0 Å². The summed E-state index contributed by atoms with van der Waals surface area (Å²) in [5.74, 6) is 1.40. The first-order valence-corrected chi connectivity index (χ1v) is 6.64. The molecule has 0 aliphatic rings. The summed E-state index contributed by atoms with van der Waals surface area (Å²) in [6, 6.07) is 9.64. The van der Waals surface area contributed by atoms with Crippen molar-refractivity contribution in [1.82, 2.24) is 4.98 Å². The van der Waals surface area contributed by atoms with Gasteiger partial charge in [-0.05, 0) is 19.1 Å². The van der Waals surface area contributed by atoms with Crippen molar-refractivity contribution in [3.05, 3.63) is 39.8 Å². The molecule has 19 heavy (non-hydrogen) atoms. The highest BCUT2D eigenvalue weighted by Gasteiger charge is 2.09. The molecule has 0 saturated carbocycles. The summed E-state index contributed by atoms with van der Waals surface area (Å²) in [6.45, 7) is 2.30. The van der Waals surface area contributed by atoms with Crippen LogP contribution in [0, 0.1) is 18.3 Å². The Morgan fingerprint density at radius 1 is 1.32 bits per heavy atom. The summed E-state index contributed by atoms with van der Waals surface area (Å²) in [7, 11) is 1.61. The third-order valence-electron chi connectivity index (χ3n) is 2.60. The lowest BCUT2D eigenvalue weighted by molar-refractivity contribution is 0.284. The molecule has 98 valence electrons. The van der Waals surface area contributed by atoms with Crippen LogP contribution in [0.2, 0.25) is 0 Å². The van der Waals surface area contributed by atoms with E-state index in [-0.39, 0.29) is 0 Å². The van der Waals surface area contributed by atoms with Gasteiger partial charge in [0.1, 0.15) is 11.6 Å². The lowest BCUT2D eigenvalue weighted by Crippen LogP contribution is -1.97. The molecule has 0 fully saturated rings. The molecule has 0 spiro atoms. The first-order chi connectivity index (χ1) is 9.24. The first-order valence-electron chi connectivity index (χ1n) is 5.82. The number of nitrogens with zero attached hydrogens (tertiary/aromatic N) is 2. The quantitative estimate of drug-likeness (QED) is 0.840. The van der Waals surface area contributed by atoms with Crippen molar-refractivity contribution in [1.29, 1.82) is 5.26 Å². The van der Waals surface area contributed by atoms with E-state index in [9.17, 15) is 0 Å². The average Bonchev–Trinajstić information content (AvgIpc) is 2.78. The van der Waals surface area contributed by atoms with Crippen molar-refractivity contribution in [3.8, 4) is 17.6 Å². The Hall–Kier alpha value is -2.06. The topological polar surface area (TPSA) is 55.1 Å². The van der Waals surface area contributed by atoms with Crippen LogP contribution in [-0.2, 0) is 13.0 Å². The van der Waals surface area contributed by atoms with Gasteiger partial charge in [0.2, 0.25) is 0 Å². The van der Waals surface area contributed by atoms with Gasteiger partial charge in [-0.15, -0.1) is 11.3 Å². The molecule has 0 amide bonds. The van der Waals surface area contributed by atoms with Crippen molar-refractivity contribution in [2.24, 2.45) is 0 Å². The number of aromatic nitrogens is 1. The molecule has 0 unspecified atom stereocenters. The Balaban J connectivity index is 2.06. The van der Waals surface area contributed by atoms with Crippen molar-refractivity contribution in [2.45, 2.75) is 20.0 Å². The van der Waals surface area contributed by atoms with Gasteiger partial charge in [-0.2, -0.15) is 5.26 Å². The molecule has 0 atom stereocenters. The van der Waals surface area contributed by atoms with E-state index >= 15 is 0 Å². The average molecular weight is 274 g/mol. The molecule has 1 aromatic heterocycles. The number of nitriles is 1. The van der Waals surface area contributed by atoms with Gasteiger partial charge >= 0.3 is 0 Å². The molecular formula is C14H14N2O2S. The molecule has 1 heterocycles. The number of thiazole rings is 1. The van der Waals surface area contributed by atoms with Crippen LogP contribution in [0.5, 0.6) is 11.5 Å². The van der Waals surface area contributed by atoms with Crippen LogP contribution in [0.1, 0.15) is 15.6 Å². The fraction of sp³-hybridized carbons (Fsp3) is 0.286. The van der Waals surface area contributed by atoms with Gasteiger partial charge in [0.05, 0.1) is 25.3 Å². The fourth-order valence-electron chi connectivity index (χ4n) is 1.66. The zero-order valence-electron chi connectivity index (χ0n) is 10.8. The van der Waals surface area contributed by atoms with Gasteiger partial charge in [0.15, 0.2) is 11.5 Å².